The van der Waals surface area contributed by atoms with E-state index in [4.69, 9.17) is 11.6 Å². The van der Waals surface area contributed by atoms with Gasteiger partial charge in [0.05, 0.1) is 16.9 Å². The van der Waals surface area contributed by atoms with Crippen LogP contribution in [0.15, 0.2) is 6.20 Å². The normalized spacial score (nSPS) is 26.3. The summed E-state index contributed by atoms with van der Waals surface area (Å²) < 4.78 is 2.08. The number of rotatable bonds is 2. The third kappa shape index (κ3) is 2.11. The molecule has 2 unspecified atom stereocenters. The Morgan fingerprint density at radius 3 is 2.94 bits per heavy atom. The van der Waals surface area contributed by atoms with Crippen molar-refractivity contribution in [3.63, 3.8) is 0 Å². The van der Waals surface area contributed by atoms with Gasteiger partial charge in [-0.15, -0.1) is 0 Å². The van der Waals surface area contributed by atoms with Gasteiger partial charge >= 0.3 is 0 Å². The van der Waals surface area contributed by atoms with E-state index in [1.165, 1.54) is 5.69 Å². The van der Waals surface area contributed by atoms with Crippen molar-refractivity contribution in [2.45, 2.75) is 39.2 Å². The predicted octanol–water partition coefficient (Wildman–Crippen LogP) is 2.83. The average Bonchev–Trinajstić information content (AvgIpc) is 2.61. The summed E-state index contributed by atoms with van der Waals surface area (Å²) in [5.41, 5.74) is 1.23. The van der Waals surface area contributed by atoms with Gasteiger partial charge in [-0.05, 0) is 39.3 Å². The second-order valence-corrected chi connectivity index (χ2v) is 5.40. The summed E-state index contributed by atoms with van der Waals surface area (Å²) in [5, 5.41) is 8.64. The van der Waals surface area contributed by atoms with E-state index in [0.717, 1.165) is 24.5 Å². The topological polar surface area (TPSA) is 29.9 Å². The molecule has 1 aliphatic heterocycles. The summed E-state index contributed by atoms with van der Waals surface area (Å²) in [6, 6.07) is 0.379. The number of nitrogens with zero attached hydrogens (tertiary/aromatic N) is 2. The standard InChI is InChI=1S/C12H20ClN3/c1-8(2)16-12(11(13)7-15-16)10-4-5-14-6-9(10)3/h7-10,14H,4-6H2,1-3H3. The first-order valence-corrected chi connectivity index (χ1v) is 6.42. The summed E-state index contributed by atoms with van der Waals surface area (Å²) in [6.45, 7) is 8.74. The first-order valence-electron chi connectivity index (χ1n) is 6.05. The second kappa shape index (κ2) is 4.76. The van der Waals surface area contributed by atoms with Gasteiger partial charge in [-0.3, -0.25) is 4.68 Å². The molecule has 4 heteroatoms. The van der Waals surface area contributed by atoms with Crippen LogP contribution in [-0.2, 0) is 0 Å². The molecule has 0 aromatic carbocycles. The van der Waals surface area contributed by atoms with E-state index >= 15 is 0 Å². The van der Waals surface area contributed by atoms with Gasteiger partial charge in [0.25, 0.3) is 0 Å². The van der Waals surface area contributed by atoms with Gasteiger partial charge in [-0.2, -0.15) is 5.10 Å². The Hall–Kier alpha value is -0.540. The highest BCUT2D eigenvalue weighted by molar-refractivity contribution is 6.31. The first kappa shape index (κ1) is 11.9. The second-order valence-electron chi connectivity index (χ2n) is 4.99. The lowest BCUT2D eigenvalue weighted by molar-refractivity contribution is 0.326. The van der Waals surface area contributed by atoms with E-state index in [1.807, 2.05) is 0 Å². The number of nitrogens with one attached hydrogen (secondary N) is 1. The molecule has 16 heavy (non-hydrogen) atoms. The van der Waals surface area contributed by atoms with Crippen molar-refractivity contribution in [2.24, 2.45) is 5.92 Å². The smallest absolute Gasteiger partial charge is 0.0820 e. The highest BCUT2D eigenvalue weighted by Crippen LogP contribution is 2.35. The molecule has 0 aliphatic carbocycles. The monoisotopic (exact) mass is 241 g/mol. The van der Waals surface area contributed by atoms with Crippen LogP contribution in [0.2, 0.25) is 5.02 Å². The summed E-state index contributed by atoms with van der Waals surface area (Å²) in [4.78, 5) is 0. The van der Waals surface area contributed by atoms with E-state index in [1.54, 1.807) is 6.20 Å². The molecule has 1 aromatic heterocycles. The average molecular weight is 242 g/mol. The fraction of sp³-hybridized carbons (Fsp3) is 0.750. The fourth-order valence-electron chi connectivity index (χ4n) is 2.53. The van der Waals surface area contributed by atoms with Crippen molar-refractivity contribution >= 4 is 11.6 Å². The van der Waals surface area contributed by atoms with Crippen LogP contribution in [0.1, 0.15) is 44.8 Å². The Balaban J connectivity index is 2.33. The molecule has 0 amide bonds. The molecule has 0 bridgehead atoms. The number of halogens is 1. The van der Waals surface area contributed by atoms with Crippen LogP contribution in [-0.4, -0.2) is 22.9 Å². The molecule has 1 aliphatic rings. The SMILES string of the molecule is CC1CNCCC1c1c(Cl)cnn1C(C)C. The van der Waals surface area contributed by atoms with E-state index in [0.29, 0.717) is 17.9 Å². The lowest BCUT2D eigenvalue weighted by Crippen LogP contribution is -2.35. The van der Waals surface area contributed by atoms with Crippen molar-refractivity contribution < 1.29 is 0 Å². The van der Waals surface area contributed by atoms with E-state index in [-0.39, 0.29) is 0 Å². The molecule has 1 aromatic rings. The minimum absolute atomic E-state index is 0.379. The van der Waals surface area contributed by atoms with Crippen LogP contribution >= 0.6 is 11.6 Å². The molecule has 0 radical (unpaired) electrons. The van der Waals surface area contributed by atoms with Gasteiger partial charge in [-0.25, -0.2) is 0 Å². The van der Waals surface area contributed by atoms with E-state index in [9.17, 15) is 0 Å². The first-order chi connectivity index (χ1) is 7.61. The zero-order valence-electron chi connectivity index (χ0n) is 10.2. The highest BCUT2D eigenvalue weighted by Gasteiger charge is 2.28. The van der Waals surface area contributed by atoms with Gasteiger partial charge in [-0.1, -0.05) is 18.5 Å². The largest absolute Gasteiger partial charge is 0.316 e. The predicted molar refractivity (Wildman–Crippen MR) is 67.0 cm³/mol. The van der Waals surface area contributed by atoms with Crippen molar-refractivity contribution in [2.75, 3.05) is 13.1 Å². The van der Waals surface area contributed by atoms with Crippen molar-refractivity contribution in [3.05, 3.63) is 16.9 Å². The molecule has 1 saturated heterocycles. The lowest BCUT2D eigenvalue weighted by Gasteiger charge is -2.31. The molecule has 0 spiro atoms. The number of hydrogen-bond acceptors (Lipinski definition) is 2. The van der Waals surface area contributed by atoms with Crippen LogP contribution in [0.5, 0.6) is 0 Å². The minimum Gasteiger partial charge on any atom is -0.316 e. The Kier molecular flexibility index (Phi) is 3.55. The zero-order chi connectivity index (χ0) is 11.7. The Bertz CT molecular complexity index is 359. The fourth-order valence-corrected chi connectivity index (χ4v) is 2.80. The van der Waals surface area contributed by atoms with E-state index in [2.05, 4.69) is 35.9 Å². The van der Waals surface area contributed by atoms with Crippen LogP contribution in [0.3, 0.4) is 0 Å². The molecule has 2 heterocycles. The number of hydrogen-bond donors (Lipinski definition) is 1. The van der Waals surface area contributed by atoms with Crippen LogP contribution in [0.4, 0.5) is 0 Å². The van der Waals surface area contributed by atoms with Crippen LogP contribution < -0.4 is 5.32 Å². The van der Waals surface area contributed by atoms with Gasteiger partial charge in [0.2, 0.25) is 0 Å². The number of piperidine rings is 1. The molecule has 1 N–H and O–H groups in total. The van der Waals surface area contributed by atoms with Gasteiger partial charge in [0, 0.05) is 12.0 Å². The molecule has 2 rings (SSSR count). The molecular weight excluding hydrogens is 222 g/mol. The summed E-state index contributed by atoms with van der Waals surface area (Å²) in [5.74, 6) is 1.17. The maximum atomic E-state index is 6.28. The minimum atomic E-state index is 0.379. The zero-order valence-corrected chi connectivity index (χ0v) is 11.0. The summed E-state index contributed by atoms with van der Waals surface area (Å²) in [7, 11) is 0. The molecule has 3 nitrogen and oxygen atoms in total. The molecule has 1 fully saturated rings. The van der Waals surface area contributed by atoms with Crippen molar-refractivity contribution in [1.82, 2.24) is 15.1 Å². The lowest BCUT2D eigenvalue weighted by atomic mass is 9.85. The van der Waals surface area contributed by atoms with Crippen LogP contribution in [0, 0.1) is 5.92 Å². The Morgan fingerprint density at radius 1 is 1.56 bits per heavy atom. The summed E-state index contributed by atoms with van der Waals surface area (Å²) in [6.07, 6.45) is 2.94. The van der Waals surface area contributed by atoms with Crippen LogP contribution in [0.25, 0.3) is 0 Å². The quantitative estimate of drug-likeness (QED) is 0.863. The van der Waals surface area contributed by atoms with Crippen molar-refractivity contribution in [3.8, 4) is 0 Å². The highest BCUT2D eigenvalue weighted by atomic mass is 35.5. The van der Waals surface area contributed by atoms with Gasteiger partial charge in [0.1, 0.15) is 0 Å². The summed E-state index contributed by atoms with van der Waals surface area (Å²) >= 11 is 6.28. The molecule has 90 valence electrons. The maximum Gasteiger partial charge on any atom is 0.0820 e. The third-order valence-electron chi connectivity index (χ3n) is 3.41. The molecule has 2 atom stereocenters. The Morgan fingerprint density at radius 2 is 2.31 bits per heavy atom. The third-order valence-corrected chi connectivity index (χ3v) is 3.70. The van der Waals surface area contributed by atoms with Gasteiger partial charge < -0.3 is 5.32 Å². The van der Waals surface area contributed by atoms with E-state index < -0.39 is 0 Å². The Labute approximate surface area is 102 Å². The molecule has 0 saturated carbocycles. The maximum absolute atomic E-state index is 6.28. The molecular formula is C12H20ClN3. The van der Waals surface area contributed by atoms with Crippen molar-refractivity contribution in [1.29, 1.82) is 0 Å². The van der Waals surface area contributed by atoms with Gasteiger partial charge in [0.15, 0.2) is 0 Å². The number of aromatic nitrogens is 2.